The Morgan fingerprint density at radius 3 is 2.79 bits per heavy atom. The van der Waals surface area contributed by atoms with E-state index < -0.39 is 0 Å². The lowest BCUT2D eigenvalue weighted by Gasteiger charge is -2.54. The van der Waals surface area contributed by atoms with Crippen molar-refractivity contribution in [1.82, 2.24) is 14.9 Å². The maximum Gasteiger partial charge on any atom is 0.0787 e. The van der Waals surface area contributed by atoms with E-state index in [4.69, 9.17) is 5.10 Å². The second-order valence-electron chi connectivity index (χ2n) is 6.14. The van der Waals surface area contributed by atoms with Gasteiger partial charge < -0.3 is 4.90 Å². The van der Waals surface area contributed by atoms with E-state index >= 15 is 0 Å². The predicted molar refractivity (Wildman–Crippen MR) is 75.0 cm³/mol. The van der Waals surface area contributed by atoms with E-state index in [1.165, 1.54) is 43.8 Å². The molecule has 0 N–H and O–H groups in total. The summed E-state index contributed by atoms with van der Waals surface area (Å²) in [6, 6.07) is 4.12. The molecule has 0 radical (unpaired) electrons. The summed E-state index contributed by atoms with van der Waals surface area (Å²) in [5.74, 6) is 0.806. The Kier molecular flexibility index (Phi) is 2.42. The quantitative estimate of drug-likeness (QED) is 0.764. The van der Waals surface area contributed by atoms with Crippen LogP contribution in [0, 0.1) is 5.92 Å². The highest BCUT2D eigenvalue weighted by Gasteiger charge is 2.52. The van der Waals surface area contributed by atoms with Gasteiger partial charge in [0.2, 0.25) is 0 Å². The third-order valence-corrected chi connectivity index (χ3v) is 5.23. The summed E-state index contributed by atoms with van der Waals surface area (Å²) in [7, 11) is 2.16. The number of rotatable bonds is 1. The zero-order valence-corrected chi connectivity index (χ0v) is 11.4. The molecule has 2 bridgehead atoms. The molecule has 0 saturated carbocycles. The van der Waals surface area contributed by atoms with Crippen LogP contribution in [0.2, 0.25) is 0 Å². The van der Waals surface area contributed by atoms with Gasteiger partial charge in [0.15, 0.2) is 0 Å². The van der Waals surface area contributed by atoms with Crippen molar-refractivity contribution in [3.63, 3.8) is 0 Å². The van der Waals surface area contributed by atoms with Gasteiger partial charge in [-0.1, -0.05) is 6.07 Å². The Bertz CT molecular complexity index is 504. The maximum absolute atomic E-state index is 4.84. The van der Waals surface area contributed by atoms with Gasteiger partial charge in [-0.25, -0.2) is 0 Å². The van der Waals surface area contributed by atoms with Crippen LogP contribution < -0.4 is 0 Å². The molecule has 1 unspecified atom stereocenters. The first-order valence-corrected chi connectivity index (χ1v) is 7.22. The van der Waals surface area contributed by atoms with Crippen LogP contribution in [-0.4, -0.2) is 52.8 Å². The zero-order valence-electron chi connectivity index (χ0n) is 11.4. The SMILES string of the molecule is CN1N=C(c2cccnc2)CC12CN1CCC2CC1. The summed E-state index contributed by atoms with van der Waals surface area (Å²) < 4.78 is 0. The smallest absolute Gasteiger partial charge is 0.0787 e. The number of fused-ring (bicyclic) bond motifs is 2. The molecule has 0 aromatic carbocycles. The largest absolute Gasteiger partial charge is 0.301 e. The maximum atomic E-state index is 4.84. The van der Waals surface area contributed by atoms with Gasteiger partial charge in [-0.2, -0.15) is 5.10 Å². The van der Waals surface area contributed by atoms with Crippen LogP contribution in [0.15, 0.2) is 29.6 Å². The van der Waals surface area contributed by atoms with Crippen LogP contribution in [0.4, 0.5) is 0 Å². The summed E-state index contributed by atoms with van der Waals surface area (Å²) in [6.45, 7) is 3.74. The number of hydrogen-bond acceptors (Lipinski definition) is 4. The first-order valence-electron chi connectivity index (χ1n) is 7.22. The Hall–Kier alpha value is -1.42. The Morgan fingerprint density at radius 1 is 1.32 bits per heavy atom. The first-order chi connectivity index (χ1) is 9.28. The highest BCUT2D eigenvalue weighted by atomic mass is 15.5. The molecule has 19 heavy (non-hydrogen) atoms. The molecular weight excluding hydrogens is 236 g/mol. The highest BCUT2D eigenvalue weighted by molar-refractivity contribution is 6.02. The van der Waals surface area contributed by atoms with Crippen molar-refractivity contribution in [1.29, 1.82) is 0 Å². The molecule has 1 spiro atoms. The number of aromatic nitrogens is 1. The molecule has 0 aliphatic carbocycles. The van der Waals surface area contributed by atoms with Crippen LogP contribution in [0.3, 0.4) is 0 Å². The summed E-state index contributed by atoms with van der Waals surface area (Å²) in [6.07, 6.45) is 7.51. The van der Waals surface area contributed by atoms with E-state index in [1.807, 2.05) is 18.5 Å². The summed E-state index contributed by atoms with van der Waals surface area (Å²) in [5.41, 5.74) is 2.65. The third-order valence-electron chi connectivity index (χ3n) is 5.23. The van der Waals surface area contributed by atoms with Gasteiger partial charge in [0, 0.05) is 38.0 Å². The van der Waals surface area contributed by atoms with Crippen LogP contribution in [0.25, 0.3) is 0 Å². The van der Waals surface area contributed by atoms with E-state index in [9.17, 15) is 0 Å². The highest BCUT2D eigenvalue weighted by Crippen LogP contribution is 2.44. The Balaban J connectivity index is 1.65. The van der Waals surface area contributed by atoms with Crippen LogP contribution in [-0.2, 0) is 0 Å². The minimum absolute atomic E-state index is 0.252. The first kappa shape index (κ1) is 11.4. The molecule has 5 heterocycles. The number of piperidine rings is 3. The molecule has 3 saturated heterocycles. The van der Waals surface area contributed by atoms with E-state index in [0.717, 1.165) is 12.3 Å². The van der Waals surface area contributed by atoms with Crippen molar-refractivity contribution in [3.05, 3.63) is 30.1 Å². The normalized spacial score (nSPS) is 36.9. The minimum Gasteiger partial charge on any atom is -0.301 e. The fourth-order valence-electron chi connectivity index (χ4n) is 4.13. The molecule has 1 aromatic heterocycles. The van der Waals surface area contributed by atoms with Gasteiger partial charge in [0.25, 0.3) is 0 Å². The monoisotopic (exact) mass is 256 g/mol. The molecule has 4 aliphatic rings. The average Bonchev–Trinajstić information content (AvgIpc) is 2.78. The van der Waals surface area contributed by atoms with Gasteiger partial charge in [0.1, 0.15) is 0 Å². The van der Waals surface area contributed by atoms with E-state index in [-0.39, 0.29) is 5.54 Å². The van der Waals surface area contributed by atoms with Gasteiger partial charge in [-0.3, -0.25) is 9.99 Å². The van der Waals surface area contributed by atoms with E-state index in [1.54, 1.807) is 0 Å². The number of hydrogen-bond donors (Lipinski definition) is 0. The lowest BCUT2D eigenvalue weighted by molar-refractivity contribution is -0.0473. The molecule has 4 heteroatoms. The molecule has 0 amide bonds. The predicted octanol–water partition coefficient (Wildman–Crippen LogP) is 1.59. The van der Waals surface area contributed by atoms with Crippen molar-refractivity contribution in [2.75, 3.05) is 26.7 Å². The minimum atomic E-state index is 0.252. The van der Waals surface area contributed by atoms with E-state index in [0.29, 0.717) is 0 Å². The van der Waals surface area contributed by atoms with Crippen molar-refractivity contribution in [2.24, 2.45) is 11.0 Å². The Labute approximate surface area is 114 Å². The van der Waals surface area contributed by atoms with Crippen LogP contribution >= 0.6 is 0 Å². The molecule has 1 atom stereocenters. The number of pyridine rings is 1. The van der Waals surface area contributed by atoms with Crippen molar-refractivity contribution in [2.45, 2.75) is 24.8 Å². The lowest BCUT2D eigenvalue weighted by Crippen LogP contribution is -2.63. The van der Waals surface area contributed by atoms with Crippen molar-refractivity contribution < 1.29 is 0 Å². The molecule has 4 aliphatic heterocycles. The summed E-state index contributed by atoms with van der Waals surface area (Å²) in [4.78, 5) is 6.84. The summed E-state index contributed by atoms with van der Waals surface area (Å²) in [5, 5.41) is 7.09. The molecular formula is C15H20N4. The number of likely N-dealkylation sites (N-methyl/N-ethyl adjacent to an activating group) is 1. The molecule has 5 rings (SSSR count). The van der Waals surface area contributed by atoms with Crippen molar-refractivity contribution >= 4 is 5.71 Å². The number of nitrogens with zero attached hydrogens (tertiary/aromatic N) is 4. The van der Waals surface area contributed by atoms with E-state index in [2.05, 4.69) is 28.0 Å². The van der Waals surface area contributed by atoms with Gasteiger partial charge in [-0.05, 0) is 37.9 Å². The molecule has 4 nitrogen and oxygen atoms in total. The third kappa shape index (κ3) is 1.62. The molecule has 1 aromatic rings. The standard InChI is InChI=1S/C15H20N4/c1-18-15(11-19-7-4-13(15)5-8-19)9-14(17-18)12-3-2-6-16-10-12/h2-3,6,10,13H,4-5,7-9,11H2,1H3. The Morgan fingerprint density at radius 2 is 2.16 bits per heavy atom. The lowest BCUT2D eigenvalue weighted by atomic mass is 9.70. The van der Waals surface area contributed by atoms with Crippen LogP contribution in [0.5, 0.6) is 0 Å². The molecule has 3 fully saturated rings. The van der Waals surface area contributed by atoms with Gasteiger partial charge in [-0.15, -0.1) is 0 Å². The average molecular weight is 256 g/mol. The van der Waals surface area contributed by atoms with Crippen LogP contribution in [0.1, 0.15) is 24.8 Å². The fourth-order valence-corrected chi connectivity index (χ4v) is 4.13. The number of hydrazone groups is 1. The second kappa shape index (κ2) is 4.04. The van der Waals surface area contributed by atoms with Crippen molar-refractivity contribution in [3.8, 4) is 0 Å². The van der Waals surface area contributed by atoms with Gasteiger partial charge >= 0.3 is 0 Å². The fraction of sp³-hybridized carbons (Fsp3) is 0.600. The zero-order chi connectivity index (χ0) is 12.9. The summed E-state index contributed by atoms with van der Waals surface area (Å²) >= 11 is 0. The second-order valence-corrected chi connectivity index (χ2v) is 6.14. The van der Waals surface area contributed by atoms with Gasteiger partial charge in [0.05, 0.1) is 11.3 Å². The molecule has 100 valence electrons. The topological polar surface area (TPSA) is 31.7 Å².